The van der Waals surface area contributed by atoms with Gasteiger partial charge in [0.25, 0.3) is 0 Å². The minimum Gasteiger partial charge on any atom is -0.491 e. The summed E-state index contributed by atoms with van der Waals surface area (Å²) < 4.78 is 21.0. The summed E-state index contributed by atoms with van der Waals surface area (Å²) in [7, 11) is 0. The molecule has 0 bridgehead atoms. The molecule has 2 amide bonds. The summed E-state index contributed by atoms with van der Waals surface area (Å²) in [5.41, 5.74) is -0.185. The number of hydrogen-bond donors (Lipinski definition) is 3. The van der Waals surface area contributed by atoms with Gasteiger partial charge in [0.05, 0.1) is 23.8 Å². The molecule has 0 aromatic heterocycles. The number of carbonyl (C=O) groups excluding carboxylic acids is 2. The SMILES string of the molecule is C#Cc1ccc(OCCO)c([C@H]2NC(=O)CC[C@]23C(=O)Nc2cc(Cl)ccc23)c1F.Clc1ccccc1. The van der Waals surface area contributed by atoms with Gasteiger partial charge in [-0.25, -0.2) is 4.39 Å². The van der Waals surface area contributed by atoms with E-state index in [0.29, 0.717) is 16.3 Å². The Morgan fingerprint density at radius 1 is 1.11 bits per heavy atom. The van der Waals surface area contributed by atoms with Crippen molar-refractivity contribution in [3.63, 3.8) is 0 Å². The Labute approximate surface area is 223 Å². The number of carbonyl (C=O) groups is 2. The summed E-state index contributed by atoms with van der Waals surface area (Å²) >= 11 is 11.6. The van der Waals surface area contributed by atoms with Gasteiger partial charge in [-0.3, -0.25) is 9.59 Å². The Morgan fingerprint density at radius 2 is 1.86 bits per heavy atom. The molecule has 1 saturated heterocycles. The second-order valence-electron chi connectivity index (χ2n) is 8.47. The lowest BCUT2D eigenvalue weighted by molar-refractivity contribution is -0.130. The number of anilines is 1. The number of nitrogens with one attached hydrogen (secondary N) is 2. The summed E-state index contributed by atoms with van der Waals surface area (Å²) in [6.07, 6.45) is 5.70. The van der Waals surface area contributed by atoms with Gasteiger partial charge in [-0.05, 0) is 48.4 Å². The van der Waals surface area contributed by atoms with E-state index in [0.717, 1.165) is 5.02 Å². The fourth-order valence-electron chi connectivity index (χ4n) is 4.68. The maximum atomic E-state index is 15.5. The van der Waals surface area contributed by atoms with Gasteiger partial charge < -0.3 is 20.5 Å². The van der Waals surface area contributed by atoms with E-state index in [1.165, 1.54) is 12.1 Å². The number of rotatable bonds is 4. The Balaban J connectivity index is 0.000000396. The predicted molar refractivity (Wildman–Crippen MR) is 140 cm³/mol. The molecule has 3 N–H and O–H groups in total. The van der Waals surface area contributed by atoms with E-state index in [-0.39, 0.29) is 54.7 Å². The summed E-state index contributed by atoms with van der Waals surface area (Å²) in [5, 5.41) is 16.0. The number of aliphatic hydroxyl groups excluding tert-OH is 1. The second-order valence-corrected chi connectivity index (χ2v) is 9.34. The Morgan fingerprint density at radius 3 is 2.51 bits per heavy atom. The van der Waals surface area contributed by atoms with Crippen LogP contribution in [0.1, 0.15) is 35.6 Å². The first-order valence-corrected chi connectivity index (χ1v) is 12.2. The van der Waals surface area contributed by atoms with Crippen molar-refractivity contribution in [2.24, 2.45) is 0 Å². The number of terminal acetylenes is 1. The van der Waals surface area contributed by atoms with Gasteiger partial charge in [-0.1, -0.05) is 53.4 Å². The zero-order valence-corrected chi connectivity index (χ0v) is 21.1. The van der Waals surface area contributed by atoms with Crippen LogP contribution in [-0.2, 0) is 15.0 Å². The van der Waals surface area contributed by atoms with Crippen LogP contribution in [0.2, 0.25) is 10.0 Å². The fraction of sp³-hybridized carbons (Fsp3) is 0.214. The molecule has 2 aliphatic heterocycles. The van der Waals surface area contributed by atoms with Crippen LogP contribution >= 0.6 is 23.2 Å². The summed E-state index contributed by atoms with van der Waals surface area (Å²) in [6, 6.07) is 16.2. The lowest BCUT2D eigenvalue weighted by atomic mass is 9.67. The molecular formula is C28H23Cl2FN2O4. The number of halogens is 3. The standard InChI is InChI=1S/C22H18ClFN2O4.C6H5Cl/c1-2-12-3-6-16(30-10-9-27)18(19(12)24)20-22(8-7-17(28)26-20)14-5-4-13(23)11-15(14)25-21(22)29;7-6-4-2-1-3-5-6/h1,3-6,11,20,27H,7-10H2,(H,25,29)(H,26,28);1-5H/t20-,22-;/m1./s1. The maximum Gasteiger partial charge on any atom is 0.237 e. The number of hydrogen-bond acceptors (Lipinski definition) is 4. The molecule has 0 radical (unpaired) electrons. The Bertz CT molecular complexity index is 1380. The molecular weight excluding hydrogens is 518 g/mol. The molecule has 3 aromatic carbocycles. The van der Waals surface area contributed by atoms with Gasteiger partial charge in [0.1, 0.15) is 23.6 Å². The van der Waals surface area contributed by atoms with Crippen molar-refractivity contribution in [3.8, 4) is 18.1 Å². The highest BCUT2D eigenvalue weighted by molar-refractivity contribution is 6.31. The number of piperidine rings is 1. The van der Waals surface area contributed by atoms with Crippen LogP contribution in [0, 0.1) is 18.2 Å². The van der Waals surface area contributed by atoms with Crippen molar-refractivity contribution >= 4 is 40.7 Å². The number of fused-ring (bicyclic) bond motifs is 2. The van der Waals surface area contributed by atoms with Crippen molar-refractivity contribution < 1.29 is 23.8 Å². The predicted octanol–water partition coefficient (Wildman–Crippen LogP) is 5.01. The topological polar surface area (TPSA) is 87.7 Å². The summed E-state index contributed by atoms with van der Waals surface area (Å²) in [4.78, 5) is 25.6. The molecule has 2 heterocycles. The van der Waals surface area contributed by atoms with Gasteiger partial charge in [0.15, 0.2) is 0 Å². The summed E-state index contributed by atoms with van der Waals surface area (Å²) in [5.74, 6) is 0.928. The minimum atomic E-state index is -1.26. The van der Waals surface area contributed by atoms with E-state index in [1.54, 1.807) is 18.2 Å². The first-order chi connectivity index (χ1) is 17.8. The van der Waals surface area contributed by atoms with E-state index < -0.39 is 17.3 Å². The normalized spacial score (nSPS) is 19.7. The Hall–Kier alpha value is -3.57. The molecule has 5 rings (SSSR count). The van der Waals surface area contributed by atoms with Crippen LogP contribution in [0.25, 0.3) is 0 Å². The highest BCUT2D eigenvalue weighted by Gasteiger charge is 2.56. The quantitative estimate of drug-likeness (QED) is 0.406. The average Bonchev–Trinajstić information content (AvgIpc) is 3.15. The smallest absolute Gasteiger partial charge is 0.237 e. The summed E-state index contributed by atoms with van der Waals surface area (Å²) in [6.45, 7) is -0.379. The molecule has 190 valence electrons. The highest BCUT2D eigenvalue weighted by atomic mass is 35.5. The third kappa shape index (κ3) is 5.14. The van der Waals surface area contributed by atoms with Crippen LogP contribution in [0.4, 0.5) is 10.1 Å². The van der Waals surface area contributed by atoms with E-state index in [1.807, 2.05) is 30.3 Å². The maximum absolute atomic E-state index is 15.5. The molecule has 1 spiro atoms. The lowest BCUT2D eigenvalue weighted by Crippen LogP contribution is -2.53. The number of benzene rings is 3. The largest absolute Gasteiger partial charge is 0.491 e. The van der Waals surface area contributed by atoms with E-state index >= 15 is 4.39 Å². The van der Waals surface area contributed by atoms with Gasteiger partial charge in [-0.15, -0.1) is 6.42 Å². The van der Waals surface area contributed by atoms with Crippen molar-refractivity contribution in [1.82, 2.24) is 5.32 Å². The fourth-order valence-corrected chi connectivity index (χ4v) is 5.00. The van der Waals surface area contributed by atoms with E-state index in [2.05, 4.69) is 16.6 Å². The minimum absolute atomic E-state index is 0.0222. The van der Waals surface area contributed by atoms with Crippen LogP contribution < -0.4 is 15.4 Å². The average molecular weight is 541 g/mol. The van der Waals surface area contributed by atoms with Gasteiger partial charge in [0.2, 0.25) is 11.8 Å². The molecule has 1 fully saturated rings. The highest BCUT2D eigenvalue weighted by Crippen LogP contribution is 2.53. The zero-order chi connectivity index (χ0) is 26.6. The third-order valence-electron chi connectivity index (χ3n) is 6.33. The van der Waals surface area contributed by atoms with Crippen molar-refractivity contribution in [2.75, 3.05) is 18.5 Å². The van der Waals surface area contributed by atoms with Gasteiger partial charge in [-0.2, -0.15) is 0 Å². The Kier molecular flexibility index (Phi) is 8.03. The van der Waals surface area contributed by atoms with Gasteiger partial charge in [0, 0.05) is 22.2 Å². The first-order valence-electron chi connectivity index (χ1n) is 11.5. The molecule has 0 saturated carbocycles. The molecule has 2 aliphatic rings. The van der Waals surface area contributed by atoms with Crippen LogP contribution in [0.3, 0.4) is 0 Å². The molecule has 37 heavy (non-hydrogen) atoms. The monoisotopic (exact) mass is 540 g/mol. The number of ether oxygens (including phenoxy) is 1. The molecule has 0 aliphatic carbocycles. The van der Waals surface area contributed by atoms with E-state index in [4.69, 9.17) is 39.5 Å². The number of aliphatic hydroxyl groups is 1. The van der Waals surface area contributed by atoms with E-state index in [9.17, 15) is 9.59 Å². The molecule has 9 heteroatoms. The molecule has 2 atom stereocenters. The lowest BCUT2D eigenvalue weighted by Gasteiger charge is -2.41. The van der Waals surface area contributed by atoms with Crippen molar-refractivity contribution in [3.05, 3.63) is 93.2 Å². The van der Waals surface area contributed by atoms with Crippen LogP contribution in [-0.4, -0.2) is 30.1 Å². The van der Waals surface area contributed by atoms with Crippen LogP contribution in [0.5, 0.6) is 5.75 Å². The number of amides is 2. The van der Waals surface area contributed by atoms with Crippen molar-refractivity contribution in [2.45, 2.75) is 24.3 Å². The first kappa shape index (κ1) is 26.5. The second kappa shape index (κ2) is 11.2. The molecule has 6 nitrogen and oxygen atoms in total. The van der Waals surface area contributed by atoms with Crippen molar-refractivity contribution in [1.29, 1.82) is 0 Å². The molecule has 3 aromatic rings. The van der Waals surface area contributed by atoms with Gasteiger partial charge >= 0.3 is 0 Å². The zero-order valence-electron chi connectivity index (χ0n) is 19.6. The van der Waals surface area contributed by atoms with Crippen LogP contribution in [0.15, 0.2) is 60.7 Å². The molecule has 0 unspecified atom stereocenters. The third-order valence-corrected chi connectivity index (χ3v) is 6.81.